The average Bonchev–Trinajstić information content (AvgIpc) is 2.93. The first-order chi connectivity index (χ1) is 15.2. The highest BCUT2D eigenvalue weighted by Crippen LogP contribution is 2.40. The fourth-order valence-electron chi connectivity index (χ4n) is 5.10. The molecule has 1 spiro atoms. The Labute approximate surface area is 191 Å². The number of anilines is 1. The van der Waals surface area contributed by atoms with Gasteiger partial charge in [0.05, 0.1) is 0 Å². The van der Waals surface area contributed by atoms with Gasteiger partial charge in [-0.1, -0.05) is 65.2 Å². The summed E-state index contributed by atoms with van der Waals surface area (Å²) in [5.41, 5.74) is 2.00. The maximum atomic E-state index is 13.4. The first-order valence-corrected chi connectivity index (χ1v) is 11.9. The summed E-state index contributed by atoms with van der Waals surface area (Å²) < 4.78 is 0. The molecule has 1 aliphatic heterocycles. The molecule has 7 heteroatoms. The normalized spacial score (nSPS) is 18.3. The van der Waals surface area contributed by atoms with E-state index in [0.717, 1.165) is 41.0 Å². The van der Waals surface area contributed by atoms with E-state index >= 15 is 0 Å². The lowest BCUT2D eigenvalue weighted by Crippen LogP contribution is -2.51. The second-order valence-electron chi connectivity index (χ2n) is 9.66. The molecule has 7 nitrogen and oxygen atoms in total. The number of para-hydroxylation sites is 1. The van der Waals surface area contributed by atoms with Gasteiger partial charge in [0.1, 0.15) is 12.1 Å². The highest BCUT2D eigenvalue weighted by atomic mass is 16.3. The minimum atomic E-state index is -0.857. The molecule has 3 rings (SSSR count). The molecule has 2 aliphatic rings. The number of nitrogens with zero attached hydrogens (tertiary/aromatic N) is 2. The van der Waals surface area contributed by atoms with Crippen molar-refractivity contribution in [3.05, 3.63) is 29.3 Å². The van der Waals surface area contributed by atoms with E-state index in [9.17, 15) is 19.5 Å². The first-order valence-electron chi connectivity index (χ1n) is 11.9. The van der Waals surface area contributed by atoms with Crippen molar-refractivity contribution in [1.82, 2.24) is 9.80 Å². The van der Waals surface area contributed by atoms with Crippen molar-refractivity contribution in [3.8, 4) is 0 Å². The van der Waals surface area contributed by atoms with Gasteiger partial charge in [-0.15, -0.1) is 0 Å². The zero-order chi connectivity index (χ0) is 23.5. The van der Waals surface area contributed by atoms with Crippen LogP contribution < -0.4 is 5.32 Å². The summed E-state index contributed by atoms with van der Waals surface area (Å²) in [5.74, 6) is -0.190. The number of imide groups is 1. The fraction of sp³-hybridized carbons (Fsp3) is 0.640. The Kier molecular flexibility index (Phi) is 7.59. The van der Waals surface area contributed by atoms with Gasteiger partial charge in [0.2, 0.25) is 5.91 Å². The van der Waals surface area contributed by atoms with Crippen molar-refractivity contribution in [3.63, 3.8) is 0 Å². The quantitative estimate of drug-likeness (QED) is 0.589. The van der Waals surface area contributed by atoms with Crippen LogP contribution in [0.15, 0.2) is 18.2 Å². The summed E-state index contributed by atoms with van der Waals surface area (Å²) in [6.45, 7) is 8.30. The zero-order valence-electron chi connectivity index (χ0n) is 19.8. The van der Waals surface area contributed by atoms with Crippen LogP contribution in [-0.4, -0.2) is 58.0 Å². The summed E-state index contributed by atoms with van der Waals surface area (Å²) in [6, 6.07) is 5.60. The number of urea groups is 1. The number of hydrogen-bond acceptors (Lipinski definition) is 4. The number of aliphatic hydroxyl groups is 1. The molecule has 1 heterocycles. The fourth-order valence-corrected chi connectivity index (χ4v) is 5.10. The van der Waals surface area contributed by atoms with Crippen LogP contribution in [0.25, 0.3) is 0 Å². The molecule has 1 aromatic carbocycles. The van der Waals surface area contributed by atoms with E-state index < -0.39 is 11.6 Å². The molecule has 176 valence electrons. The van der Waals surface area contributed by atoms with E-state index in [1.807, 2.05) is 18.2 Å². The SMILES string of the molecule is CC(C)c1cccc(C(C)C)c1NC(=O)CN1C(=O)N(CCCO)C2(CCCCC2)C1=O. The van der Waals surface area contributed by atoms with Crippen molar-refractivity contribution < 1.29 is 19.5 Å². The molecular formula is C25H37N3O4. The predicted octanol–water partition coefficient (Wildman–Crippen LogP) is 4.22. The van der Waals surface area contributed by atoms with Crippen molar-refractivity contribution in [2.24, 2.45) is 0 Å². The Morgan fingerprint density at radius 1 is 1.06 bits per heavy atom. The van der Waals surface area contributed by atoms with Gasteiger partial charge in [0.25, 0.3) is 5.91 Å². The predicted molar refractivity (Wildman–Crippen MR) is 125 cm³/mol. The molecule has 2 N–H and O–H groups in total. The van der Waals surface area contributed by atoms with Crippen LogP contribution in [0.4, 0.5) is 10.5 Å². The smallest absolute Gasteiger partial charge is 0.328 e. The van der Waals surface area contributed by atoms with E-state index in [0.29, 0.717) is 25.8 Å². The Morgan fingerprint density at radius 2 is 1.66 bits per heavy atom. The molecule has 1 saturated heterocycles. The molecule has 0 radical (unpaired) electrons. The summed E-state index contributed by atoms with van der Waals surface area (Å²) in [6.07, 6.45) is 4.47. The molecule has 32 heavy (non-hydrogen) atoms. The Bertz CT molecular complexity index is 832. The summed E-state index contributed by atoms with van der Waals surface area (Å²) >= 11 is 0. The van der Waals surface area contributed by atoms with Crippen LogP contribution in [0, 0.1) is 0 Å². The van der Waals surface area contributed by atoms with Gasteiger partial charge >= 0.3 is 6.03 Å². The number of aliphatic hydroxyl groups excluding tert-OH is 1. The number of benzene rings is 1. The van der Waals surface area contributed by atoms with E-state index in [-0.39, 0.29) is 36.8 Å². The van der Waals surface area contributed by atoms with Gasteiger partial charge < -0.3 is 15.3 Å². The summed E-state index contributed by atoms with van der Waals surface area (Å²) in [4.78, 5) is 42.4. The highest BCUT2D eigenvalue weighted by molar-refractivity contribution is 6.10. The van der Waals surface area contributed by atoms with Crippen LogP contribution in [0.3, 0.4) is 0 Å². The molecule has 1 aromatic rings. The summed E-state index contributed by atoms with van der Waals surface area (Å²) in [5, 5.41) is 12.3. The minimum Gasteiger partial charge on any atom is -0.396 e. The average molecular weight is 444 g/mol. The Morgan fingerprint density at radius 3 is 2.19 bits per heavy atom. The summed E-state index contributed by atoms with van der Waals surface area (Å²) in [7, 11) is 0. The molecule has 1 saturated carbocycles. The van der Waals surface area contributed by atoms with Crippen LogP contribution in [-0.2, 0) is 9.59 Å². The topological polar surface area (TPSA) is 90.0 Å². The third kappa shape index (κ3) is 4.53. The number of carbonyl (C=O) groups excluding carboxylic acids is 3. The molecular weight excluding hydrogens is 406 g/mol. The molecule has 1 aliphatic carbocycles. The third-order valence-corrected chi connectivity index (χ3v) is 6.78. The van der Waals surface area contributed by atoms with Gasteiger partial charge in [0.15, 0.2) is 0 Å². The van der Waals surface area contributed by atoms with Crippen molar-refractivity contribution >= 4 is 23.5 Å². The number of nitrogens with one attached hydrogen (secondary N) is 1. The molecule has 4 amide bonds. The maximum Gasteiger partial charge on any atom is 0.328 e. The first kappa shape index (κ1) is 24.2. The third-order valence-electron chi connectivity index (χ3n) is 6.78. The molecule has 0 bridgehead atoms. The minimum absolute atomic E-state index is 0.0432. The standard InChI is InChI=1S/C25H37N3O4/c1-17(2)19-10-8-11-20(18(3)4)22(19)26-21(30)16-27-23(31)25(12-6-5-7-13-25)28(24(27)32)14-9-15-29/h8,10-11,17-18,29H,5-7,9,12-16H2,1-4H3,(H,26,30). The lowest BCUT2D eigenvalue weighted by atomic mass is 9.80. The van der Waals surface area contributed by atoms with Gasteiger partial charge in [-0.25, -0.2) is 4.79 Å². The monoisotopic (exact) mass is 443 g/mol. The lowest BCUT2D eigenvalue weighted by molar-refractivity contribution is -0.136. The zero-order valence-corrected chi connectivity index (χ0v) is 19.8. The molecule has 0 unspecified atom stereocenters. The number of carbonyl (C=O) groups is 3. The largest absolute Gasteiger partial charge is 0.396 e. The van der Waals surface area contributed by atoms with Gasteiger partial charge in [-0.2, -0.15) is 0 Å². The molecule has 0 atom stereocenters. The van der Waals surface area contributed by atoms with Gasteiger partial charge in [0, 0.05) is 18.8 Å². The van der Waals surface area contributed by atoms with Gasteiger partial charge in [-0.3, -0.25) is 14.5 Å². The van der Waals surface area contributed by atoms with Crippen LogP contribution in [0.1, 0.15) is 89.2 Å². The van der Waals surface area contributed by atoms with Crippen molar-refractivity contribution in [1.29, 1.82) is 0 Å². The van der Waals surface area contributed by atoms with E-state index in [1.54, 1.807) is 4.90 Å². The number of rotatable bonds is 8. The number of hydrogen-bond donors (Lipinski definition) is 2. The molecule has 0 aromatic heterocycles. The van der Waals surface area contributed by atoms with Crippen molar-refractivity contribution in [2.75, 3.05) is 25.0 Å². The van der Waals surface area contributed by atoms with Crippen molar-refractivity contribution in [2.45, 2.75) is 83.6 Å². The van der Waals surface area contributed by atoms with Crippen LogP contribution in [0.2, 0.25) is 0 Å². The Hall–Kier alpha value is -2.41. The second-order valence-corrected chi connectivity index (χ2v) is 9.66. The molecule has 2 fully saturated rings. The lowest BCUT2D eigenvalue weighted by Gasteiger charge is -2.38. The van der Waals surface area contributed by atoms with E-state index in [2.05, 4.69) is 33.0 Å². The highest BCUT2D eigenvalue weighted by Gasteiger charge is 2.57. The second kappa shape index (κ2) is 10.0. The maximum absolute atomic E-state index is 13.4. The van der Waals surface area contributed by atoms with E-state index in [4.69, 9.17) is 0 Å². The van der Waals surface area contributed by atoms with Crippen LogP contribution >= 0.6 is 0 Å². The van der Waals surface area contributed by atoms with Crippen LogP contribution in [0.5, 0.6) is 0 Å². The van der Waals surface area contributed by atoms with E-state index in [1.165, 1.54) is 0 Å². The Balaban J connectivity index is 1.84. The van der Waals surface area contributed by atoms with Gasteiger partial charge in [-0.05, 0) is 42.2 Å². The number of amides is 4.